The molecular weight excluding hydrogens is 368 g/mol. The highest BCUT2D eigenvalue weighted by Gasteiger charge is 2.32. The molecule has 0 unspecified atom stereocenters. The fourth-order valence-corrected chi connectivity index (χ4v) is 2.90. The number of nitrogens with zero attached hydrogens (tertiary/aromatic N) is 6. The summed E-state index contributed by atoms with van der Waals surface area (Å²) in [6.07, 6.45) is 1.27. The van der Waals surface area contributed by atoms with E-state index in [2.05, 4.69) is 10.2 Å². The van der Waals surface area contributed by atoms with Crippen LogP contribution in [-0.4, -0.2) is 26.5 Å². The van der Waals surface area contributed by atoms with Crippen molar-refractivity contribution in [1.29, 1.82) is 10.5 Å². The van der Waals surface area contributed by atoms with Crippen LogP contribution in [0.5, 0.6) is 5.88 Å². The number of amides is 1. The predicted octanol–water partition coefficient (Wildman–Crippen LogP) is 2.76. The lowest BCUT2D eigenvalue weighted by atomic mass is 10.1. The maximum atomic E-state index is 12.9. The molecule has 2 aromatic carbocycles. The van der Waals surface area contributed by atoms with Gasteiger partial charge in [0.1, 0.15) is 12.1 Å². The van der Waals surface area contributed by atoms with Gasteiger partial charge < -0.3 is 5.11 Å². The molecule has 1 amide bonds. The summed E-state index contributed by atoms with van der Waals surface area (Å²) in [5.74, 6) is -0.855. The van der Waals surface area contributed by atoms with Crippen molar-refractivity contribution in [3.63, 3.8) is 0 Å². The quantitative estimate of drug-likeness (QED) is 0.701. The first kappa shape index (κ1) is 17.7. The van der Waals surface area contributed by atoms with E-state index in [1.54, 1.807) is 54.6 Å². The molecule has 0 atom stereocenters. The molecule has 0 aliphatic carbocycles. The Hall–Kier alpha value is -4.69. The van der Waals surface area contributed by atoms with Crippen LogP contribution in [0.3, 0.4) is 0 Å². The molecule has 1 aliphatic heterocycles. The fraction of sp³-hybridized carbons (Fsp3) is 0. The Morgan fingerprint density at radius 3 is 2.14 bits per heavy atom. The van der Waals surface area contributed by atoms with Crippen LogP contribution in [0, 0.1) is 22.7 Å². The van der Waals surface area contributed by atoms with Crippen molar-refractivity contribution < 1.29 is 9.90 Å². The van der Waals surface area contributed by atoms with E-state index in [1.807, 2.05) is 18.2 Å². The number of nitriles is 2. The molecule has 1 N–H and O–H groups in total. The molecule has 2 heterocycles. The normalized spacial score (nSPS) is 14.6. The first-order valence-corrected chi connectivity index (χ1v) is 8.52. The van der Waals surface area contributed by atoms with E-state index in [0.29, 0.717) is 11.4 Å². The number of carbonyl (C=O) groups excluding carboxylic acids is 1. The molecule has 0 fully saturated rings. The van der Waals surface area contributed by atoms with E-state index in [9.17, 15) is 20.4 Å². The Morgan fingerprint density at radius 1 is 0.931 bits per heavy atom. The van der Waals surface area contributed by atoms with Gasteiger partial charge in [-0.3, -0.25) is 4.79 Å². The lowest BCUT2D eigenvalue weighted by Crippen LogP contribution is -2.21. The number of para-hydroxylation sites is 2. The molecule has 3 aromatic rings. The van der Waals surface area contributed by atoms with Gasteiger partial charge in [-0.1, -0.05) is 36.4 Å². The number of aromatic nitrogens is 2. The van der Waals surface area contributed by atoms with Crippen molar-refractivity contribution in [2.24, 2.45) is 5.10 Å². The molecule has 138 valence electrons. The summed E-state index contributed by atoms with van der Waals surface area (Å²) in [6.45, 7) is 0. The van der Waals surface area contributed by atoms with Crippen LogP contribution in [0.2, 0.25) is 0 Å². The van der Waals surface area contributed by atoms with Crippen molar-refractivity contribution in [3.8, 4) is 23.7 Å². The van der Waals surface area contributed by atoms with Gasteiger partial charge in [0, 0.05) is 0 Å². The lowest BCUT2D eigenvalue weighted by molar-refractivity contribution is -0.114. The number of benzene rings is 2. The lowest BCUT2D eigenvalue weighted by Gasteiger charge is -2.10. The third-order valence-corrected chi connectivity index (χ3v) is 4.28. The molecule has 8 heteroatoms. The van der Waals surface area contributed by atoms with Crippen molar-refractivity contribution in [3.05, 3.63) is 77.5 Å². The Balaban J connectivity index is 1.82. The zero-order valence-corrected chi connectivity index (χ0v) is 14.9. The molecule has 0 spiro atoms. The first-order chi connectivity index (χ1) is 14.1. The van der Waals surface area contributed by atoms with Gasteiger partial charge in [0.05, 0.1) is 22.5 Å². The number of anilines is 1. The van der Waals surface area contributed by atoms with Gasteiger partial charge in [0.2, 0.25) is 5.88 Å². The number of hydrazone groups is 1. The molecular formula is C21H12N6O2. The standard InChI is InChI=1S/C21H12N6O2/c22-12-18-16(20(28)26(24-18)14-7-3-1-4-8-14)11-17-19(13-23)25-27(21(17)29)15-9-5-2-6-10-15/h1-11,28H. The molecule has 4 rings (SSSR count). The van der Waals surface area contributed by atoms with Crippen molar-refractivity contribution in [1.82, 2.24) is 9.78 Å². The second-order valence-electron chi connectivity index (χ2n) is 6.02. The number of carbonyl (C=O) groups is 1. The Labute approximate surface area is 165 Å². The van der Waals surface area contributed by atoms with Gasteiger partial charge in [0.15, 0.2) is 11.4 Å². The summed E-state index contributed by atoms with van der Waals surface area (Å²) < 4.78 is 1.20. The van der Waals surface area contributed by atoms with Gasteiger partial charge in [-0.15, -0.1) is 0 Å². The molecule has 0 radical (unpaired) electrons. The number of hydrogen-bond acceptors (Lipinski definition) is 6. The summed E-state index contributed by atoms with van der Waals surface area (Å²) in [4.78, 5) is 12.9. The van der Waals surface area contributed by atoms with Crippen molar-refractivity contribution in [2.45, 2.75) is 0 Å². The highest BCUT2D eigenvalue weighted by Crippen LogP contribution is 2.30. The summed E-state index contributed by atoms with van der Waals surface area (Å²) in [5.41, 5.74) is 0.854. The molecule has 1 aliphatic rings. The van der Waals surface area contributed by atoms with E-state index >= 15 is 0 Å². The molecule has 0 saturated carbocycles. The smallest absolute Gasteiger partial charge is 0.281 e. The second-order valence-corrected chi connectivity index (χ2v) is 6.02. The Kier molecular flexibility index (Phi) is 4.36. The molecule has 0 saturated heterocycles. The van der Waals surface area contributed by atoms with Crippen LogP contribution in [0.4, 0.5) is 5.69 Å². The minimum Gasteiger partial charge on any atom is -0.493 e. The zero-order valence-electron chi connectivity index (χ0n) is 14.9. The highest BCUT2D eigenvalue weighted by atomic mass is 16.3. The molecule has 29 heavy (non-hydrogen) atoms. The molecule has 8 nitrogen and oxygen atoms in total. The first-order valence-electron chi connectivity index (χ1n) is 8.52. The van der Waals surface area contributed by atoms with E-state index in [4.69, 9.17) is 0 Å². The van der Waals surface area contributed by atoms with Gasteiger partial charge >= 0.3 is 0 Å². The topological polar surface area (TPSA) is 118 Å². The monoisotopic (exact) mass is 380 g/mol. The number of aromatic hydroxyl groups is 1. The van der Waals surface area contributed by atoms with E-state index < -0.39 is 5.91 Å². The maximum absolute atomic E-state index is 12.9. The van der Waals surface area contributed by atoms with Crippen molar-refractivity contribution >= 4 is 23.4 Å². The third kappa shape index (κ3) is 3.01. The summed E-state index contributed by atoms with van der Waals surface area (Å²) in [5, 5.41) is 38.8. The van der Waals surface area contributed by atoms with E-state index in [-0.39, 0.29) is 28.4 Å². The second kappa shape index (κ2) is 7.14. The third-order valence-electron chi connectivity index (χ3n) is 4.28. The van der Waals surface area contributed by atoms with Crippen LogP contribution < -0.4 is 5.01 Å². The van der Waals surface area contributed by atoms with Crippen molar-refractivity contribution in [2.75, 3.05) is 5.01 Å². The van der Waals surface area contributed by atoms with Crippen LogP contribution in [0.25, 0.3) is 11.8 Å². The average Bonchev–Trinajstić information content (AvgIpc) is 3.26. The minimum absolute atomic E-state index is 0.0317. The zero-order chi connectivity index (χ0) is 20.4. The SMILES string of the molecule is N#CC1=NN(c2ccccc2)C(=O)C1=Cc1c(C#N)nn(-c2ccccc2)c1O. The van der Waals surface area contributed by atoms with Gasteiger partial charge in [-0.2, -0.15) is 30.4 Å². The van der Waals surface area contributed by atoms with E-state index in [0.717, 1.165) is 5.01 Å². The summed E-state index contributed by atoms with van der Waals surface area (Å²) in [7, 11) is 0. The summed E-state index contributed by atoms with van der Waals surface area (Å²) in [6, 6.07) is 21.2. The van der Waals surface area contributed by atoms with E-state index in [1.165, 1.54) is 10.8 Å². The largest absolute Gasteiger partial charge is 0.493 e. The van der Waals surface area contributed by atoms with Crippen LogP contribution in [-0.2, 0) is 4.79 Å². The average molecular weight is 380 g/mol. The fourth-order valence-electron chi connectivity index (χ4n) is 2.90. The Morgan fingerprint density at radius 2 is 1.55 bits per heavy atom. The van der Waals surface area contributed by atoms with Crippen LogP contribution >= 0.6 is 0 Å². The maximum Gasteiger partial charge on any atom is 0.281 e. The minimum atomic E-state index is -0.538. The molecule has 1 aromatic heterocycles. The molecule has 0 bridgehead atoms. The highest BCUT2D eigenvalue weighted by molar-refractivity contribution is 6.37. The summed E-state index contributed by atoms with van der Waals surface area (Å²) >= 11 is 0. The Bertz CT molecular complexity index is 1240. The number of hydrogen-bond donors (Lipinski definition) is 1. The predicted molar refractivity (Wildman–Crippen MR) is 105 cm³/mol. The number of rotatable bonds is 3. The van der Waals surface area contributed by atoms with Gasteiger partial charge in [-0.25, -0.2) is 0 Å². The van der Waals surface area contributed by atoms with Gasteiger partial charge in [-0.05, 0) is 30.3 Å². The van der Waals surface area contributed by atoms with Crippen LogP contribution in [0.15, 0.2) is 71.3 Å². The van der Waals surface area contributed by atoms with Crippen LogP contribution in [0.1, 0.15) is 11.3 Å². The van der Waals surface area contributed by atoms with Gasteiger partial charge in [0.25, 0.3) is 5.91 Å².